The van der Waals surface area contributed by atoms with Gasteiger partial charge >= 0.3 is 0 Å². The van der Waals surface area contributed by atoms with Crippen LogP contribution in [-0.2, 0) is 6.42 Å². The number of nitriles is 1. The largest absolute Gasteiger partial charge is 0.397 e. The van der Waals surface area contributed by atoms with Crippen molar-refractivity contribution in [2.45, 2.75) is 12.8 Å². The molecule has 0 atom stereocenters. The van der Waals surface area contributed by atoms with Crippen LogP contribution in [0.4, 0.5) is 14.5 Å². The lowest BCUT2D eigenvalue weighted by Crippen LogP contribution is -2.03. The Morgan fingerprint density at radius 1 is 1.64 bits per heavy atom. The highest BCUT2D eigenvalue weighted by Crippen LogP contribution is 2.31. The summed E-state index contributed by atoms with van der Waals surface area (Å²) >= 11 is 5.57. The normalized spacial score (nSPS) is 10.2. The molecule has 1 aromatic rings. The van der Waals surface area contributed by atoms with Gasteiger partial charge in [-0.1, -0.05) is 11.6 Å². The van der Waals surface area contributed by atoms with Gasteiger partial charge in [0.2, 0.25) is 0 Å². The Kier molecular flexibility index (Phi) is 3.20. The fraction of sp³-hybridized carbons (Fsp3) is 0.250. The molecule has 2 N–H and O–H groups in total. The van der Waals surface area contributed by atoms with E-state index in [0.717, 1.165) is 6.20 Å². The van der Waals surface area contributed by atoms with Crippen molar-refractivity contribution >= 4 is 17.3 Å². The van der Waals surface area contributed by atoms with E-state index >= 15 is 0 Å². The highest BCUT2D eigenvalue weighted by molar-refractivity contribution is 6.30. The second kappa shape index (κ2) is 4.20. The lowest BCUT2D eigenvalue weighted by molar-refractivity contribution is 0.151. The van der Waals surface area contributed by atoms with Crippen molar-refractivity contribution < 1.29 is 8.78 Å². The first-order valence-corrected chi connectivity index (χ1v) is 4.03. The minimum Gasteiger partial charge on any atom is -0.397 e. The summed E-state index contributed by atoms with van der Waals surface area (Å²) in [6.45, 7) is 0. The second-order valence-electron chi connectivity index (χ2n) is 2.53. The van der Waals surface area contributed by atoms with Gasteiger partial charge in [-0.05, 0) is 0 Å². The SMILES string of the molecule is N#CCc1c(Cl)ncc(N)c1C(F)F. The average Bonchev–Trinajstić information content (AvgIpc) is 2.11. The predicted octanol–water partition coefficient (Wildman–Crippen LogP) is 2.32. The third-order valence-electron chi connectivity index (χ3n) is 1.68. The zero-order valence-electron chi connectivity index (χ0n) is 6.97. The molecule has 0 aliphatic heterocycles. The van der Waals surface area contributed by atoms with Crippen LogP contribution in [0.1, 0.15) is 17.6 Å². The first-order valence-electron chi connectivity index (χ1n) is 3.65. The topological polar surface area (TPSA) is 62.7 Å². The van der Waals surface area contributed by atoms with Gasteiger partial charge in [0.25, 0.3) is 6.43 Å². The van der Waals surface area contributed by atoms with Crippen molar-refractivity contribution in [2.75, 3.05) is 5.73 Å². The van der Waals surface area contributed by atoms with Gasteiger partial charge in [0.05, 0.1) is 24.4 Å². The summed E-state index contributed by atoms with van der Waals surface area (Å²) in [5, 5.41) is 8.32. The van der Waals surface area contributed by atoms with E-state index in [0.29, 0.717) is 0 Å². The van der Waals surface area contributed by atoms with E-state index in [1.807, 2.05) is 0 Å². The van der Waals surface area contributed by atoms with E-state index in [1.165, 1.54) is 0 Å². The van der Waals surface area contributed by atoms with Gasteiger partial charge in [-0.2, -0.15) is 5.26 Å². The number of nitrogen functional groups attached to an aromatic ring is 1. The van der Waals surface area contributed by atoms with Gasteiger partial charge in [0.15, 0.2) is 0 Å². The quantitative estimate of drug-likeness (QED) is 0.774. The van der Waals surface area contributed by atoms with Crippen LogP contribution >= 0.6 is 11.6 Å². The van der Waals surface area contributed by atoms with Crippen LogP contribution in [0, 0.1) is 11.3 Å². The first-order chi connectivity index (χ1) is 6.57. The number of nitrogens with zero attached hydrogens (tertiary/aromatic N) is 2. The Morgan fingerprint density at radius 2 is 2.29 bits per heavy atom. The maximum Gasteiger partial charge on any atom is 0.266 e. The standard InChI is InChI=1S/C8H6ClF2N3/c9-7-4(1-2-12)6(8(10)11)5(13)3-14-7/h3,8H,1,13H2. The molecule has 0 aliphatic carbocycles. The molecular formula is C8H6ClF2N3. The number of rotatable bonds is 2. The maximum absolute atomic E-state index is 12.5. The Balaban J connectivity index is 3.35. The van der Waals surface area contributed by atoms with Gasteiger partial charge in [-0.3, -0.25) is 0 Å². The molecule has 0 aliphatic rings. The molecule has 74 valence electrons. The van der Waals surface area contributed by atoms with Crippen molar-refractivity contribution in [3.63, 3.8) is 0 Å². The highest BCUT2D eigenvalue weighted by Gasteiger charge is 2.19. The zero-order valence-corrected chi connectivity index (χ0v) is 7.72. The molecule has 1 heterocycles. The van der Waals surface area contributed by atoms with E-state index in [9.17, 15) is 8.78 Å². The van der Waals surface area contributed by atoms with Crippen molar-refractivity contribution in [3.8, 4) is 6.07 Å². The summed E-state index contributed by atoms with van der Waals surface area (Å²) < 4.78 is 25.0. The van der Waals surface area contributed by atoms with Crippen molar-refractivity contribution in [3.05, 3.63) is 22.5 Å². The third kappa shape index (κ3) is 1.91. The van der Waals surface area contributed by atoms with Gasteiger partial charge in [-0.25, -0.2) is 13.8 Å². The summed E-state index contributed by atoms with van der Waals surface area (Å²) in [7, 11) is 0. The molecule has 0 saturated heterocycles. The van der Waals surface area contributed by atoms with Crippen LogP contribution in [-0.4, -0.2) is 4.98 Å². The number of halogens is 3. The van der Waals surface area contributed by atoms with Crippen molar-refractivity contribution in [2.24, 2.45) is 0 Å². The van der Waals surface area contributed by atoms with E-state index < -0.39 is 12.0 Å². The van der Waals surface area contributed by atoms with Crippen LogP contribution in [0.2, 0.25) is 5.15 Å². The van der Waals surface area contributed by atoms with Gasteiger partial charge < -0.3 is 5.73 Å². The Labute approximate surface area is 84.1 Å². The molecule has 0 aromatic carbocycles. The molecule has 0 fully saturated rings. The summed E-state index contributed by atoms with van der Waals surface area (Å²) in [4.78, 5) is 3.60. The number of anilines is 1. The summed E-state index contributed by atoms with van der Waals surface area (Å²) in [5.41, 5.74) is 4.77. The Bertz CT molecular complexity index is 387. The monoisotopic (exact) mass is 217 g/mol. The Morgan fingerprint density at radius 3 is 2.79 bits per heavy atom. The number of aromatic nitrogens is 1. The molecular weight excluding hydrogens is 212 g/mol. The third-order valence-corrected chi connectivity index (χ3v) is 2.00. The molecule has 0 amide bonds. The molecule has 0 saturated carbocycles. The molecule has 3 nitrogen and oxygen atoms in total. The van der Waals surface area contributed by atoms with E-state index in [-0.39, 0.29) is 22.8 Å². The molecule has 0 bridgehead atoms. The van der Waals surface area contributed by atoms with Gasteiger partial charge in [0, 0.05) is 11.1 Å². The second-order valence-corrected chi connectivity index (χ2v) is 2.89. The van der Waals surface area contributed by atoms with Crippen molar-refractivity contribution in [1.29, 1.82) is 5.26 Å². The Hall–Kier alpha value is -1.41. The minimum absolute atomic E-state index is 0.00386. The van der Waals surface area contributed by atoms with E-state index in [1.54, 1.807) is 6.07 Å². The highest BCUT2D eigenvalue weighted by atomic mass is 35.5. The van der Waals surface area contributed by atoms with Gasteiger partial charge in [-0.15, -0.1) is 0 Å². The summed E-state index contributed by atoms with van der Waals surface area (Å²) in [6, 6.07) is 1.73. The first kappa shape index (κ1) is 10.7. The molecule has 0 spiro atoms. The molecule has 6 heteroatoms. The van der Waals surface area contributed by atoms with Crippen LogP contribution in [0.5, 0.6) is 0 Å². The maximum atomic E-state index is 12.5. The van der Waals surface area contributed by atoms with Crippen LogP contribution < -0.4 is 5.73 Å². The zero-order chi connectivity index (χ0) is 10.7. The molecule has 0 radical (unpaired) electrons. The smallest absolute Gasteiger partial charge is 0.266 e. The molecule has 1 aromatic heterocycles. The number of alkyl halides is 2. The van der Waals surface area contributed by atoms with E-state index in [2.05, 4.69) is 4.98 Å². The number of hydrogen-bond acceptors (Lipinski definition) is 3. The van der Waals surface area contributed by atoms with Crippen molar-refractivity contribution in [1.82, 2.24) is 4.98 Å². The predicted molar refractivity (Wildman–Crippen MR) is 47.9 cm³/mol. The van der Waals surface area contributed by atoms with Crippen LogP contribution in [0.15, 0.2) is 6.20 Å². The number of pyridine rings is 1. The minimum atomic E-state index is -2.75. The van der Waals surface area contributed by atoms with Gasteiger partial charge in [0.1, 0.15) is 5.15 Å². The fourth-order valence-electron chi connectivity index (χ4n) is 1.06. The average molecular weight is 218 g/mol. The van der Waals surface area contributed by atoms with E-state index in [4.69, 9.17) is 22.6 Å². The molecule has 14 heavy (non-hydrogen) atoms. The number of nitrogens with two attached hydrogens (primary N) is 1. The lowest BCUT2D eigenvalue weighted by Gasteiger charge is -2.09. The summed E-state index contributed by atoms with van der Waals surface area (Å²) in [5.74, 6) is 0. The number of hydrogen-bond donors (Lipinski definition) is 1. The van der Waals surface area contributed by atoms with Crippen LogP contribution in [0.3, 0.4) is 0 Å². The lowest BCUT2D eigenvalue weighted by atomic mass is 10.1. The molecule has 1 rings (SSSR count). The fourth-order valence-corrected chi connectivity index (χ4v) is 1.28. The molecule has 0 unspecified atom stereocenters. The van der Waals surface area contributed by atoms with Crippen LogP contribution in [0.25, 0.3) is 0 Å². The summed E-state index contributed by atoms with van der Waals surface area (Å²) in [6.07, 6.45) is -1.92.